The van der Waals surface area contributed by atoms with Gasteiger partial charge in [-0.1, -0.05) is 23.7 Å². The normalized spacial score (nSPS) is 10.5. The SMILES string of the molecule is O=C(O)C/N=C/c1ccc(Cl)cc1. The van der Waals surface area contributed by atoms with Crippen molar-refractivity contribution < 1.29 is 9.90 Å². The van der Waals surface area contributed by atoms with Crippen LogP contribution in [-0.4, -0.2) is 23.8 Å². The Hall–Kier alpha value is -1.35. The molecule has 4 heteroatoms. The second kappa shape index (κ2) is 4.62. The monoisotopic (exact) mass is 197 g/mol. The zero-order valence-corrected chi connectivity index (χ0v) is 7.53. The summed E-state index contributed by atoms with van der Waals surface area (Å²) in [5.41, 5.74) is 0.839. The molecular formula is C9H8ClNO2. The zero-order valence-electron chi connectivity index (χ0n) is 6.77. The van der Waals surface area contributed by atoms with Gasteiger partial charge in [-0.25, -0.2) is 0 Å². The van der Waals surface area contributed by atoms with E-state index in [1.54, 1.807) is 24.3 Å². The first-order valence-corrected chi connectivity index (χ1v) is 4.03. The van der Waals surface area contributed by atoms with Gasteiger partial charge in [-0.15, -0.1) is 0 Å². The van der Waals surface area contributed by atoms with Crippen molar-refractivity contribution in [2.75, 3.05) is 6.54 Å². The molecule has 0 heterocycles. The van der Waals surface area contributed by atoms with E-state index in [9.17, 15) is 4.79 Å². The molecule has 1 aromatic carbocycles. The van der Waals surface area contributed by atoms with E-state index in [4.69, 9.17) is 16.7 Å². The van der Waals surface area contributed by atoms with E-state index >= 15 is 0 Å². The number of carboxylic acid groups (broad SMARTS) is 1. The van der Waals surface area contributed by atoms with Crippen molar-refractivity contribution >= 4 is 23.8 Å². The van der Waals surface area contributed by atoms with Crippen LogP contribution in [0, 0.1) is 0 Å². The van der Waals surface area contributed by atoms with Crippen molar-refractivity contribution in [3.05, 3.63) is 34.9 Å². The number of carboxylic acids is 1. The molecule has 1 rings (SSSR count). The van der Waals surface area contributed by atoms with Crippen molar-refractivity contribution in [2.24, 2.45) is 4.99 Å². The van der Waals surface area contributed by atoms with Crippen LogP contribution in [0.2, 0.25) is 5.02 Å². The maximum atomic E-state index is 10.1. The fraction of sp³-hybridized carbons (Fsp3) is 0.111. The van der Waals surface area contributed by atoms with Crippen LogP contribution in [0.25, 0.3) is 0 Å². The third-order valence-electron chi connectivity index (χ3n) is 1.34. The molecule has 13 heavy (non-hydrogen) atoms. The number of aliphatic imine (C=N–C) groups is 1. The number of nitrogens with zero attached hydrogens (tertiary/aromatic N) is 1. The van der Waals surface area contributed by atoms with Gasteiger partial charge in [0.15, 0.2) is 0 Å². The maximum absolute atomic E-state index is 10.1. The minimum atomic E-state index is -0.940. The van der Waals surface area contributed by atoms with Gasteiger partial charge in [0, 0.05) is 11.2 Å². The summed E-state index contributed by atoms with van der Waals surface area (Å²) in [5.74, 6) is -0.940. The van der Waals surface area contributed by atoms with E-state index in [1.165, 1.54) is 6.21 Å². The quantitative estimate of drug-likeness (QED) is 0.752. The number of rotatable bonds is 3. The van der Waals surface area contributed by atoms with Crippen LogP contribution in [-0.2, 0) is 4.79 Å². The van der Waals surface area contributed by atoms with Gasteiger partial charge in [0.05, 0.1) is 0 Å². The van der Waals surface area contributed by atoms with Gasteiger partial charge in [-0.2, -0.15) is 0 Å². The molecule has 68 valence electrons. The minimum absolute atomic E-state index is 0.206. The molecule has 0 aliphatic heterocycles. The number of benzene rings is 1. The van der Waals surface area contributed by atoms with E-state index in [1.807, 2.05) is 0 Å². The molecule has 0 fully saturated rings. The van der Waals surface area contributed by atoms with Crippen molar-refractivity contribution in [1.29, 1.82) is 0 Å². The summed E-state index contributed by atoms with van der Waals surface area (Å²) in [6.07, 6.45) is 1.50. The van der Waals surface area contributed by atoms with E-state index in [-0.39, 0.29) is 6.54 Å². The second-order valence-corrected chi connectivity index (χ2v) is 2.85. The Morgan fingerprint density at radius 3 is 2.62 bits per heavy atom. The van der Waals surface area contributed by atoms with Crippen LogP contribution < -0.4 is 0 Å². The molecule has 0 atom stereocenters. The first kappa shape index (κ1) is 9.74. The minimum Gasteiger partial charge on any atom is -0.480 e. The molecule has 0 unspecified atom stereocenters. The highest BCUT2D eigenvalue weighted by Crippen LogP contribution is 2.07. The zero-order chi connectivity index (χ0) is 9.68. The number of hydrogen-bond donors (Lipinski definition) is 1. The van der Waals surface area contributed by atoms with E-state index in [0.29, 0.717) is 5.02 Å². The number of hydrogen-bond acceptors (Lipinski definition) is 2. The summed E-state index contributed by atoms with van der Waals surface area (Å²) < 4.78 is 0. The van der Waals surface area contributed by atoms with E-state index in [2.05, 4.69) is 4.99 Å². The van der Waals surface area contributed by atoms with Crippen LogP contribution in [0.4, 0.5) is 0 Å². The molecule has 0 aliphatic rings. The average Bonchev–Trinajstić information content (AvgIpc) is 2.08. The van der Waals surface area contributed by atoms with Gasteiger partial charge >= 0.3 is 5.97 Å². The molecule has 0 aliphatic carbocycles. The number of halogens is 1. The lowest BCUT2D eigenvalue weighted by Gasteiger charge is -1.91. The Labute approximate surface area is 80.7 Å². The van der Waals surface area contributed by atoms with E-state index in [0.717, 1.165) is 5.56 Å². The fourth-order valence-electron chi connectivity index (χ4n) is 0.778. The molecule has 0 spiro atoms. The second-order valence-electron chi connectivity index (χ2n) is 2.42. The molecule has 0 radical (unpaired) electrons. The lowest BCUT2D eigenvalue weighted by molar-refractivity contribution is -0.135. The van der Waals surface area contributed by atoms with Crippen LogP contribution in [0.1, 0.15) is 5.56 Å². The average molecular weight is 198 g/mol. The first-order chi connectivity index (χ1) is 6.18. The Morgan fingerprint density at radius 2 is 2.08 bits per heavy atom. The Bertz CT molecular complexity index is 319. The van der Waals surface area contributed by atoms with Gasteiger partial charge in [-0.05, 0) is 17.7 Å². The highest BCUT2D eigenvalue weighted by atomic mass is 35.5. The Morgan fingerprint density at radius 1 is 1.46 bits per heavy atom. The molecule has 0 saturated heterocycles. The van der Waals surface area contributed by atoms with E-state index < -0.39 is 5.97 Å². The van der Waals surface area contributed by atoms with Gasteiger partial charge in [0.2, 0.25) is 0 Å². The summed E-state index contributed by atoms with van der Waals surface area (Å²) >= 11 is 5.66. The predicted octanol–water partition coefficient (Wildman–Crippen LogP) is 1.84. The summed E-state index contributed by atoms with van der Waals surface area (Å²) in [6.45, 7) is -0.206. The molecule has 3 nitrogen and oxygen atoms in total. The Kier molecular flexibility index (Phi) is 3.46. The van der Waals surface area contributed by atoms with Crippen LogP contribution in [0.15, 0.2) is 29.3 Å². The largest absolute Gasteiger partial charge is 0.480 e. The lowest BCUT2D eigenvalue weighted by Crippen LogP contribution is -1.99. The molecular weight excluding hydrogens is 190 g/mol. The Balaban J connectivity index is 2.59. The molecule has 0 saturated carbocycles. The summed E-state index contributed by atoms with van der Waals surface area (Å²) in [7, 11) is 0. The molecule has 0 aromatic heterocycles. The van der Waals surface area contributed by atoms with Crippen molar-refractivity contribution in [3.63, 3.8) is 0 Å². The third kappa shape index (κ3) is 3.71. The van der Waals surface area contributed by atoms with Gasteiger partial charge in [-0.3, -0.25) is 9.79 Å². The first-order valence-electron chi connectivity index (χ1n) is 3.65. The van der Waals surface area contributed by atoms with Crippen molar-refractivity contribution in [3.8, 4) is 0 Å². The number of aliphatic carboxylic acids is 1. The van der Waals surface area contributed by atoms with Crippen LogP contribution >= 0.6 is 11.6 Å². The predicted molar refractivity (Wildman–Crippen MR) is 51.5 cm³/mol. The summed E-state index contributed by atoms with van der Waals surface area (Å²) in [6, 6.07) is 6.99. The topological polar surface area (TPSA) is 49.7 Å². The standard InChI is InChI=1S/C9H8ClNO2/c10-8-3-1-7(2-4-8)5-11-6-9(12)13/h1-5H,6H2,(H,12,13)/b11-5+. The summed E-state index contributed by atoms with van der Waals surface area (Å²) in [5, 5.41) is 8.95. The van der Waals surface area contributed by atoms with Gasteiger partial charge in [0.1, 0.15) is 6.54 Å². The molecule has 0 bridgehead atoms. The van der Waals surface area contributed by atoms with Crippen LogP contribution in [0.3, 0.4) is 0 Å². The van der Waals surface area contributed by atoms with Crippen molar-refractivity contribution in [1.82, 2.24) is 0 Å². The fourth-order valence-corrected chi connectivity index (χ4v) is 0.904. The van der Waals surface area contributed by atoms with Gasteiger partial charge < -0.3 is 5.11 Å². The summed E-state index contributed by atoms with van der Waals surface area (Å²) in [4.78, 5) is 13.8. The lowest BCUT2D eigenvalue weighted by atomic mass is 10.2. The third-order valence-corrected chi connectivity index (χ3v) is 1.59. The van der Waals surface area contributed by atoms with Gasteiger partial charge in [0.25, 0.3) is 0 Å². The van der Waals surface area contributed by atoms with Crippen LogP contribution in [0.5, 0.6) is 0 Å². The maximum Gasteiger partial charge on any atom is 0.325 e. The molecule has 1 aromatic rings. The van der Waals surface area contributed by atoms with Crippen molar-refractivity contribution in [2.45, 2.75) is 0 Å². The molecule has 1 N–H and O–H groups in total. The molecule has 0 amide bonds. The highest BCUT2D eigenvalue weighted by molar-refractivity contribution is 6.30. The number of carbonyl (C=O) groups is 1. The highest BCUT2D eigenvalue weighted by Gasteiger charge is 1.91. The smallest absolute Gasteiger partial charge is 0.325 e.